The lowest BCUT2D eigenvalue weighted by atomic mass is 10.2. The molecule has 0 bridgehead atoms. The van der Waals surface area contributed by atoms with Crippen molar-refractivity contribution >= 4 is 5.82 Å². The molecule has 19 heavy (non-hydrogen) atoms. The normalized spacial score (nSPS) is 15.5. The molecular formula is C14H16N4O. The van der Waals surface area contributed by atoms with E-state index in [1.165, 1.54) is 0 Å². The molecule has 0 spiro atoms. The van der Waals surface area contributed by atoms with E-state index in [9.17, 15) is 0 Å². The van der Waals surface area contributed by atoms with Crippen molar-refractivity contribution in [1.82, 2.24) is 15.0 Å². The number of anilines is 1. The third-order valence-electron chi connectivity index (χ3n) is 3.14. The van der Waals surface area contributed by atoms with Gasteiger partial charge in [0.15, 0.2) is 5.82 Å². The van der Waals surface area contributed by atoms with Crippen molar-refractivity contribution in [3.8, 4) is 11.4 Å². The van der Waals surface area contributed by atoms with E-state index in [0.717, 1.165) is 49.2 Å². The summed E-state index contributed by atoms with van der Waals surface area (Å²) in [6.45, 7) is 5.29. The van der Waals surface area contributed by atoms with Gasteiger partial charge in [-0.25, -0.2) is 15.0 Å². The Kier molecular flexibility index (Phi) is 3.37. The molecule has 1 aliphatic heterocycles. The Morgan fingerprint density at radius 3 is 2.63 bits per heavy atom. The quantitative estimate of drug-likeness (QED) is 0.818. The van der Waals surface area contributed by atoms with E-state index in [2.05, 4.69) is 19.9 Å². The van der Waals surface area contributed by atoms with Gasteiger partial charge in [0.1, 0.15) is 5.82 Å². The number of ether oxygens (including phenoxy) is 1. The van der Waals surface area contributed by atoms with Crippen LogP contribution >= 0.6 is 0 Å². The van der Waals surface area contributed by atoms with Crippen LogP contribution in [0.15, 0.2) is 30.6 Å². The van der Waals surface area contributed by atoms with E-state index < -0.39 is 0 Å². The van der Waals surface area contributed by atoms with E-state index in [1.54, 1.807) is 6.20 Å². The molecule has 0 unspecified atom stereocenters. The molecule has 1 fully saturated rings. The Morgan fingerprint density at radius 1 is 1.11 bits per heavy atom. The Bertz CT molecular complexity index is 550. The molecule has 0 N–H and O–H groups in total. The molecule has 0 amide bonds. The molecule has 0 saturated carbocycles. The molecule has 1 saturated heterocycles. The summed E-state index contributed by atoms with van der Waals surface area (Å²) < 4.78 is 5.34. The van der Waals surface area contributed by atoms with Gasteiger partial charge in [0, 0.05) is 36.7 Å². The number of hydrogen-bond donors (Lipinski definition) is 0. The van der Waals surface area contributed by atoms with E-state index in [1.807, 2.05) is 31.3 Å². The predicted molar refractivity (Wildman–Crippen MR) is 73.0 cm³/mol. The maximum Gasteiger partial charge on any atom is 0.160 e. The summed E-state index contributed by atoms with van der Waals surface area (Å²) in [7, 11) is 0. The van der Waals surface area contributed by atoms with Gasteiger partial charge in [-0.3, -0.25) is 0 Å². The van der Waals surface area contributed by atoms with E-state index in [-0.39, 0.29) is 0 Å². The zero-order valence-corrected chi connectivity index (χ0v) is 10.9. The van der Waals surface area contributed by atoms with Gasteiger partial charge in [0.25, 0.3) is 0 Å². The van der Waals surface area contributed by atoms with Gasteiger partial charge in [-0.05, 0) is 25.1 Å². The highest BCUT2D eigenvalue weighted by Crippen LogP contribution is 2.18. The molecule has 0 aromatic carbocycles. The van der Waals surface area contributed by atoms with Crippen LogP contribution in [0.25, 0.3) is 11.4 Å². The average Bonchev–Trinajstić information content (AvgIpc) is 2.48. The molecule has 5 nitrogen and oxygen atoms in total. The fraction of sp³-hybridized carbons (Fsp3) is 0.357. The summed E-state index contributed by atoms with van der Waals surface area (Å²) >= 11 is 0. The minimum Gasteiger partial charge on any atom is -0.378 e. The van der Waals surface area contributed by atoms with Crippen LogP contribution < -0.4 is 4.90 Å². The van der Waals surface area contributed by atoms with Crippen molar-refractivity contribution in [3.05, 3.63) is 36.3 Å². The summed E-state index contributed by atoms with van der Waals surface area (Å²) in [5, 5.41) is 0. The lowest BCUT2D eigenvalue weighted by Gasteiger charge is -2.27. The number of rotatable bonds is 2. The molecule has 2 aromatic rings. The second kappa shape index (κ2) is 5.32. The van der Waals surface area contributed by atoms with Crippen LogP contribution in [0.4, 0.5) is 5.82 Å². The first kappa shape index (κ1) is 12.0. The Balaban J connectivity index is 1.82. The predicted octanol–water partition coefficient (Wildman–Crippen LogP) is 1.68. The Labute approximate surface area is 112 Å². The van der Waals surface area contributed by atoms with Crippen LogP contribution in [0.1, 0.15) is 5.69 Å². The minimum absolute atomic E-state index is 0.723. The topological polar surface area (TPSA) is 51.1 Å². The second-order valence-electron chi connectivity index (χ2n) is 4.53. The molecule has 3 rings (SSSR count). The molecule has 3 heterocycles. The zero-order valence-electron chi connectivity index (χ0n) is 10.9. The molecule has 0 atom stereocenters. The minimum atomic E-state index is 0.723. The summed E-state index contributed by atoms with van der Waals surface area (Å²) in [5.74, 6) is 1.71. The largest absolute Gasteiger partial charge is 0.378 e. The van der Waals surface area contributed by atoms with E-state index in [4.69, 9.17) is 4.74 Å². The summed E-state index contributed by atoms with van der Waals surface area (Å²) in [6.07, 6.45) is 3.60. The molecule has 2 aromatic heterocycles. The first-order valence-corrected chi connectivity index (χ1v) is 6.42. The smallest absolute Gasteiger partial charge is 0.160 e. The average molecular weight is 256 g/mol. The summed E-state index contributed by atoms with van der Waals surface area (Å²) in [5.41, 5.74) is 1.91. The first-order chi connectivity index (χ1) is 9.33. The second-order valence-corrected chi connectivity index (χ2v) is 4.53. The van der Waals surface area contributed by atoms with Crippen molar-refractivity contribution in [2.75, 3.05) is 31.2 Å². The van der Waals surface area contributed by atoms with Gasteiger partial charge in [0.2, 0.25) is 0 Å². The fourth-order valence-electron chi connectivity index (χ4n) is 2.09. The molecule has 5 heteroatoms. The van der Waals surface area contributed by atoms with Crippen molar-refractivity contribution in [1.29, 1.82) is 0 Å². The van der Waals surface area contributed by atoms with Crippen LogP contribution in [0.3, 0.4) is 0 Å². The highest BCUT2D eigenvalue weighted by atomic mass is 16.5. The highest BCUT2D eigenvalue weighted by Gasteiger charge is 2.12. The number of aromatic nitrogens is 3. The van der Waals surface area contributed by atoms with Gasteiger partial charge >= 0.3 is 0 Å². The van der Waals surface area contributed by atoms with Crippen molar-refractivity contribution in [2.45, 2.75) is 6.92 Å². The summed E-state index contributed by atoms with van der Waals surface area (Å²) in [6, 6.07) is 5.93. The van der Waals surface area contributed by atoms with E-state index in [0.29, 0.717) is 0 Å². The fourth-order valence-corrected chi connectivity index (χ4v) is 2.09. The van der Waals surface area contributed by atoms with Gasteiger partial charge in [-0.1, -0.05) is 0 Å². The number of aryl methyl sites for hydroxylation is 1. The molecular weight excluding hydrogens is 240 g/mol. The Hall–Kier alpha value is -2.01. The van der Waals surface area contributed by atoms with Crippen molar-refractivity contribution < 1.29 is 4.74 Å². The van der Waals surface area contributed by atoms with Gasteiger partial charge in [-0.2, -0.15) is 0 Å². The standard InChI is InChI=1S/C14H16N4O/c1-11-4-5-15-14(17-11)12-2-3-13(16-10-12)18-6-8-19-9-7-18/h2-5,10H,6-9H2,1H3. The van der Waals surface area contributed by atoms with Crippen LogP contribution in [0.2, 0.25) is 0 Å². The van der Waals surface area contributed by atoms with E-state index >= 15 is 0 Å². The lowest BCUT2D eigenvalue weighted by molar-refractivity contribution is 0.122. The number of nitrogens with zero attached hydrogens (tertiary/aromatic N) is 4. The maximum atomic E-state index is 5.34. The van der Waals surface area contributed by atoms with Crippen LogP contribution in [0, 0.1) is 6.92 Å². The monoisotopic (exact) mass is 256 g/mol. The van der Waals surface area contributed by atoms with Gasteiger partial charge in [-0.15, -0.1) is 0 Å². The molecule has 1 aliphatic rings. The third kappa shape index (κ3) is 2.71. The first-order valence-electron chi connectivity index (χ1n) is 6.42. The number of hydrogen-bond acceptors (Lipinski definition) is 5. The third-order valence-corrected chi connectivity index (χ3v) is 3.14. The Morgan fingerprint density at radius 2 is 1.95 bits per heavy atom. The molecule has 98 valence electrons. The van der Waals surface area contributed by atoms with Crippen molar-refractivity contribution in [3.63, 3.8) is 0 Å². The number of morpholine rings is 1. The number of pyridine rings is 1. The highest BCUT2D eigenvalue weighted by molar-refractivity contribution is 5.56. The summed E-state index contributed by atoms with van der Waals surface area (Å²) in [4.78, 5) is 15.4. The molecule has 0 aliphatic carbocycles. The zero-order chi connectivity index (χ0) is 13.1. The van der Waals surface area contributed by atoms with Gasteiger partial charge < -0.3 is 9.64 Å². The van der Waals surface area contributed by atoms with Crippen LogP contribution in [-0.4, -0.2) is 41.3 Å². The van der Waals surface area contributed by atoms with Crippen LogP contribution in [-0.2, 0) is 4.74 Å². The molecule has 0 radical (unpaired) electrons. The van der Waals surface area contributed by atoms with Crippen LogP contribution in [0.5, 0.6) is 0 Å². The lowest BCUT2D eigenvalue weighted by Crippen LogP contribution is -2.36. The van der Waals surface area contributed by atoms with Gasteiger partial charge in [0.05, 0.1) is 13.2 Å². The van der Waals surface area contributed by atoms with Crippen molar-refractivity contribution in [2.24, 2.45) is 0 Å². The SMILES string of the molecule is Cc1ccnc(-c2ccc(N3CCOCC3)nc2)n1. The maximum absolute atomic E-state index is 5.34.